The minimum atomic E-state index is -0.0734. The summed E-state index contributed by atoms with van der Waals surface area (Å²) in [5, 5.41) is 11.0. The van der Waals surface area contributed by atoms with Crippen molar-refractivity contribution in [2.45, 2.75) is 12.3 Å². The molecule has 0 fully saturated rings. The molecule has 0 bridgehead atoms. The number of benzene rings is 2. The number of aromatic nitrogens is 3. The number of carbonyl (C=O) groups excluding carboxylic acids is 1. The molecule has 0 radical (unpaired) electrons. The fraction of sp³-hybridized carbons (Fsp3) is 0.0952. The maximum absolute atomic E-state index is 12.9. The molecule has 0 unspecified atom stereocenters. The van der Waals surface area contributed by atoms with Gasteiger partial charge in [-0.15, -0.1) is 10.2 Å². The van der Waals surface area contributed by atoms with Crippen molar-refractivity contribution in [3.05, 3.63) is 94.9 Å². The lowest BCUT2D eigenvalue weighted by atomic mass is 9.88. The third-order valence-electron chi connectivity index (χ3n) is 4.43. The Hall–Kier alpha value is -2.99. The number of nitrogens with one attached hydrogen (secondary N) is 1. The highest BCUT2D eigenvalue weighted by molar-refractivity contribution is 9.10. The molecule has 6 heteroatoms. The number of hydrogen-bond donors (Lipinski definition) is 1. The topological polar surface area (TPSA) is 59.3 Å². The molecule has 27 heavy (non-hydrogen) atoms. The highest BCUT2D eigenvalue weighted by atomic mass is 79.9. The van der Waals surface area contributed by atoms with Crippen molar-refractivity contribution in [1.29, 1.82) is 0 Å². The predicted octanol–water partition coefficient (Wildman–Crippen LogP) is 4.65. The van der Waals surface area contributed by atoms with Crippen LogP contribution in [0.4, 0.5) is 5.69 Å². The van der Waals surface area contributed by atoms with E-state index in [2.05, 4.69) is 55.7 Å². The monoisotopic (exact) mass is 420 g/mol. The predicted molar refractivity (Wildman–Crippen MR) is 109 cm³/mol. The second-order valence-electron chi connectivity index (χ2n) is 6.26. The molecule has 134 valence electrons. The van der Waals surface area contributed by atoms with Gasteiger partial charge in [-0.1, -0.05) is 60.7 Å². The average molecular weight is 421 g/mol. The van der Waals surface area contributed by atoms with Gasteiger partial charge in [-0.05, 0) is 33.1 Å². The molecule has 4 aromatic rings. The lowest BCUT2D eigenvalue weighted by molar-refractivity contribution is -0.116. The van der Waals surface area contributed by atoms with Gasteiger partial charge in [-0.2, -0.15) is 0 Å². The Morgan fingerprint density at radius 3 is 2.30 bits per heavy atom. The van der Waals surface area contributed by atoms with Crippen molar-refractivity contribution < 1.29 is 4.79 Å². The summed E-state index contributed by atoms with van der Waals surface area (Å²) in [7, 11) is 0. The van der Waals surface area contributed by atoms with E-state index in [1.807, 2.05) is 48.7 Å². The maximum Gasteiger partial charge on any atom is 0.225 e. The van der Waals surface area contributed by atoms with Crippen molar-refractivity contribution in [1.82, 2.24) is 14.6 Å². The molecule has 0 atom stereocenters. The zero-order chi connectivity index (χ0) is 18.6. The third kappa shape index (κ3) is 3.90. The van der Waals surface area contributed by atoms with E-state index in [4.69, 9.17) is 0 Å². The number of carbonyl (C=O) groups is 1. The van der Waals surface area contributed by atoms with Crippen LogP contribution < -0.4 is 5.32 Å². The number of fused-ring (bicyclic) bond motifs is 1. The van der Waals surface area contributed by atoms with Gasteiger partial charge >= 0.3 is 0 Å². The molecule has 2 heterocycles. The normalized spacial score (nSPS) is 11.0. The van der Waals surface area contributed by atoms with Gasteiger partial charge in [-0.25, -0.2) is 0 Å². The number of anilines is 1. The molecule has 2 aromatic heterocycles. The molecular weight excluding hydrogens is 404 g/mol. The summed E-state index contributed by atoms with van der Waals surface area (Å²) in [6.07, 6.45) is 3.79. The van der Waals surface area contributed by atoms with Crippen LogP contribution in [0.15, 0.2) is 83.7 Å². The van der Waals surface area contributed by atoms with Gasteiger partial charge in [0.2, 0.25) is 5.91 Å². The van der Waals surface area contributed by atoms with Crippen LogP contribution in [0.25, 0.3) is 5.65 Å². The van der Waals surface area contributed by atoms with Crippen molar-refractivity contribution in [2.75, 3.05) is 5.32 Å². The summed E-state index contributed by atoms with van der Waals surface area (Å²) in [4.78, 5) is 12.9. The van der Waals surface area contributed by atoms with Crippen LogP contribution in [0.2, 0.25) is 0 Å². The number of hydrogen-bond acceptors (Lipinski definition) is 3. The molecule has 0 aliphatic heterocycles. The second-order valence-corrected chi connectivity index (χ2v) is 7.18. The largest absolute Gasteiger partial charge is 0.323 e. The summed E-state index contributed by atoms with van der Waals surface area (Å²) < 4.78 is 2.61. The molecule has 0 saturated carbocycles. The van der Waals surface area contributed by atoms with E-state index < -0.39 is 0 Å². The summed E-state index contributed by atoms with van der Waals surface area (Å²) in [5.41, 5.74) is 3.47. The highest BCUT2D eigenvalue weighted by Crippen LogP contribution is 2.29. The molecule has 2 aromatic carbocycles. The Morgan fingerprint density at radius 2 is 1.67 bits per heavy atom. The fourth-order valence-electron chi connectivity index (χ4n) is 3.18. The Bertz CT molecular complexity index is 1020. The second kappa shape index (κ2) is 7.72. The van der Waals surface area contributed by atoms with Gasteiger partial charge in [0.1, 0.15) is 6.33 Å². The van der Waals surface area contributed by atoms with Crippen LogP contribution in [0, 0.1) is 0 Å². The van der Waals surface area contributed by atoms with Gasteiger partial charge < -0.3 is 5.32 Å². The third-order valence-corrected chi connectivity index (χ3v) is 4.86. The molecule has 0 saturated heterocycles. The SMILES string of the molecule is O=C(CC(c1ccccc1)c1ccccc1)Nc1cc(Br)cn2cnnc12. The first-order valence-corrected chi connectivity index (χ1v) is 9.38. The van der Waals surface area contributed by atoms with Gasteiger partial charge in [-0.3, -0.25) is 9.20 Å². The number of pyridine rings is 1. The van der Waals surface area contributed by atoms with E-state index >= 15 is 0 Å². The Labute approximate surface area is 165 Å². The molecule has 5 nitrogen and oxygen atoms in total. The summed E-state index contributed by atoms with van der Waals surface area (Å²) >= 11 is 3.45. The number of rotatable bonds is 5. The summed E-state index contributed by atoms with van der Waals surface area (Å²) in [5.74, 6) is -0.0934. The fourth-order valence-corrected chi connectivity index (χ4v) is 3.63. The molecule has 1 N–H and O–H groups in total. The van der Waals surface area contributed by atoms with Crippen LogP contribution >= 0.6 is 15.9 Å². The smallest absolute Gasteiger partial charge is 0.225 e. The Morgan fingerprint density at radius 1 is 1.04 bits per heavy atom. The lowest BCUT2D eigenvalue weighted by Gasteiger charge is -2.18. The van der Waals surface area contributed by atoms with Crippen LogP contribution in [-0.2, 0) is 4.79 Å². The van der Waals surface area contributed by atoms with Crippen molar-refractivity contribution in [2.24, 2.45) is 0 Å². The van der Waals surface area contributed by atoms with E-state index in [-0.39, 0.29) is 11.8 Å². The first-order valence-electron chi connectivity index (χ1n) is 8.59. The van der Waals surface area contributed by atoms with E-state index in [0.717, 1.165) is 15.6 Å². The van der Waals surface area contributed by atoms with Gasteiger partial charge in [0.15, 0.2) is 5.65 Å². The zero-order valence-electron chi connectivity index (χ0n) is 14.4. The van der Waals surface area contributed by atoms with Gasteiger partial charge in [0.25, 0.3) is 0 Å². The van der Waals surface area contributed by atoms with Gasteiger partial charge in [0.05, 0.1) is 5.69 Å². The zero-order valence-corrected chi connectivity index (χ0v) is 16.0. The Kier molecular flexibility index (Phi) is 4.98. The quantitative estimate of drug-likeness (QED) is 0.510. The van der Waals surface area contributed by atoms with Gasteiger partial charge in [0, 0.05) is 23.0 Å². The van der Waals surface area contributed by atoms with Crippen molar-refractivity contribution in [3.8, 4) is 0 Å². The summed E-state index contributed by atoms with van der Waals surface area (Å²) in [6.45, 7) is 0. The van der Waals surface area contributed by atoms with Crippen LogP contribution in [0.3, 0.4) is 0 Å². The molecule has 4 rings (SSSR count). The highest BCUT2D eigenvalue weighted by Gasteiger charge is 2.19. The first kappa shape index (κ1) is 17.4. The van der Waals surface area contributed by atoms with Crippen molar-refractivity contribution in [3.63, 3.8) is 0 Å². The number of halogens is 1. The van der Waals surface area contributed by atoms with E-state index in [0.29, 0.717) is 17.8 Å². The number of nitrogens with zero attached hydrogens (tertiary/aromatic N) is 3. The van der Waals surface area contributed by atoms with Crippen molar-refractivity contribution >= 4 is 33.2 Å². The van der Waals surface area contributed by atoms with E-state index in [1.54, 1.807) is 10.7 Å². The molecule has 0 aliphatic carbocycles. The minimum Gasteiger partial charge on any atom is -0.323 e. The number of amides is 1. The van der Waals surface area contributed by atoms with Crippen LogP contribution in [0.5, 0.6) is 0 Å². The minimum absolute atomic E-state index is 0.0200. The van der Waals surface area contributed by atoms with E-state index in [1.165, 1.54) is 0 Å². The van der Waals surface area contributed by atoms with Crippen LogP contribution in [-0.4, -0.2) is 20.5 Å². The summed E-state index contributed by atoms with van der Waals surface area (Å²) in [6, 6.07) is 22.0. The standard InChI is InChI=1S/C21H17BrN4O/c22-17-11-19(21-25-23-14-26(21)13-17)24-20(27)12-18(15-7-3-1-4-8-15)16-9-5-2-6-10-16/h1-11,13-14,18H,12H2,(H,24,27). The lowest BCUT2D eigenvalue weighted by Crippen LogP contribution is -2.17. The average Bonchev–Trinajstić information content (AvgIpc) is 3.16. The molecule has 1 amide bonds. The molecular formula is C21H17BrN4O. The van der Waals surface area contributed by atoms with Crippen LogP contribution in [0.1, 0.15) is 23.5 Å². The first-order chi connectivity index (χ1) is 13.2. The Balaban J connectivity index is 1.61. The molecule has 0 aliphatic rings. The van der Waals surface area contributed by atoms with E-state index in [9.17, 15) is 4.79 Å². The molecule has 0 spiro atoms. The maximum atomic E-state index is 12.9.